The highest BCUT2D eigenvalue weighted by Crippen LogP contribution is 2.17. The van der Waals surface area contributed by atoms with Crippen LogP contribution in [-0.4, -0.2) is 28.6 Å². The molecule has 3 rings (SSSR count). The number of hydrogen-bond donors (Lipinski definition) is 1. The van der Waals surface area contributed by atoms with Crippen molar-refractivity contribution >= 4 is 23.1 Å². The number of likely N-dealkylation sites (tertiary alicyclic amines) is 1. The van der Waals surface area contributed by atoms with Crippen molar-refractivity contribution in [2.24, 2.45) is 4.99 Å². The van der Waals surface area contributed by atoms with Gasteiger partial charge in [-0.1, -0.05) is 12.1 Å². The molecule has 2 N–H and O–H groups in total. The summed E-state index contributed by atoms with van der Waals surface area (Å²) in [6, 6.07) is 7.45. The second-order valence-corrected chi connectivity index (χ2v) is 6.35. The quantitative estimate of drug-likeness (QED) is 0.823. The Morgan fingerprint density at radius 2 is 2.00 bits per heavy atom. The molecule has 5 nitrogen and oxygen atoms in total. The summed E-state index contributed by atoms with van der Waals surface area (Å²) in [6.45, 7) is 3.61. The Hall–Kier alpha value is -2.08. The van der Waals surface area contributed by atoms with Crippen LogP contribution in [0.25, 0.3) is 5.69 Å². The van der Waals surface area contributed by atoms with E-state index in [2.05, 4.69) is 4.99 Å². The Balaban J connectivity index is 2.04. The van der Waals surface area contributed by atoms with Crippen molar-refractivity contribution in [3.63, 3.8) is 0 Å². The van der Waals surface area contributed by atoms with E-state index in [-0.39, 0.29) is 6.03 Å². The van der Waals surface area contributed by atoms with Crippen molar-refractivity contribution in [2.75, 3.05) is 18.8 Å². The van der Waals surface area contributed by atoms with Crippen molar-refractivity contribution in [1.29, 1.82) is 0 Å². The van der Waals surface area contributed by atoms with Crippen LogP contribution in [0, 0.1) is 6.92 Å². The van der Waals surface area contributed by atoms with Gasteiger partial charge in [0, 0.05) is 24.2 Å². The first-order chi connectivity index (χ1) is 10.1. The molecule has 0 atom stereocenters. The molecule has 0 aliphatic carbocycles. The van der Waals surface area contributed by atoms with Crippen molar-refractivity contribution in [2.45, 2.75) is 19.8 Å². The maximum atomic E-state index is 12.2. The summed E-state index contributed by atoms with van der Waals surface area (Å²) in [5.74, 6) is 0. The lowest BCUT2D eigenvalue weighted by Crippen LogP contribution is -2.27. The maximum Gasteiger partial charge on any atom is 0.346 e. The number of nitrogens with two attached hydrogens (primary N) is 1. The molecule has 1 aromatic carbocycles. The van der Waals surface area contributed by atoms with Crippen LogP contribution in [0.2, 0.25) is 0 Å². The Morgan fingerprint density at radius 3 is 2.71 bits per heavy atom. The number of carbonyl (C=O) groups excluding carboxylic acids is 1. The van der Waals surface area contributed by atoms with Crippen molar-refractivity contribution in [1.82, 2.24) is 9.47 Å². The number of hydrogen-bond acceptors (Lipinski definition) is 3. The molecule has 0 saturated carbocycles. The summed E-state index contributed by atoms with van der Waals surface area (Å²) < 4.78 is 1.89. The van der Waals surface area contributed by atoms with Gasteiger partial charge in [-0.05, 0) is 31.9 Å². The molecule has 2 amide bonds. The fourth-order valence-electron chi connectivity index (χ4n) is 2.47. The first-order valence-electron chi connectivity index (χ1n) is 7.03. The standard InChI is InChI=1S/C15H18N4OS/c1-11-10-19(13-7-3-2-6-12(13)16)15(21-11)17-14(20)18-8-4-5-9-18/h2-3,6-7,10H,4-5,8-9,16H2,1H3. The molecule has 0 unspecified atom stereocenters. The smallest absolute Gasteiger partial charge is 0.346 e. The highest BCUT2D eigenvalue weighted by Gasteiger charge is 2.17. The molecule has 0 radical (unpaired) electrons. The van der Waals surface area contributed by atoms with Gasteiger partial charge < -0.3 is 10.6 Å². The van der Waals surface area contributed by atoms with Crippen LogP contribution in [-0.2, 0) is 0 Å². The van der Waals surface area contributed by atoms with Crippen LogP contribution in [0.3, 0.4) is 0 Å². The lowest BCUT2D eigenvalue weighted by Gasteiger charge is -2.11. The number of urea groups is 1. The van der Waals surface area contributed by atoms with Crippen LogP contribution in [0.15, 0.2) is 35.5 Å². The molecular weight excluding hydrogens is 284 g/mol. The van der Waals surface area contributed by atoms with Gasteiger partial charge >= 0.3 is 6.03 Å². The first-order valence-corrected chi connectivity index (χ1v) is 7.84. The third-order valence-electron chi connectivity index (χ3n) is 3.53. The number of rotatable bonds is 1. The number of amides is 2. The number of aryl methyl sites for hydroxylation is 1. The van der Waals surface area contributed by atoms with Gasteiger partial charge in [-0.15, -0.1) is 11.3 Å². The van der Waals surface area contributed by atoms with Crippen LogP contribution in [0.4, 0.5) is 10.5 Å². The summed E-state index contributed by atoms with van der Waals surface area (Å²) in [4.78, 5) is 20.1. The van der Waals surface area contributed by atoms with E-state index < -0.39 is 0 Å². The number of thiazole rings is 1. The highest BCUT2D eigenvalue weighted by atomic mass is 32.1. The SMILES string of the molecule is Cc1cn(-c2ccccc2N)c(=NC(=O)N2CCCC2)s1. The van der Waals surface area contributed by atoms with Gasteiger partial charge in [-0.25, -0.2) is 4.79 Å². The van der Waals surface area contributed by atoms with Crippen molar-refractivity contribution < 1.29 is 4.79 Å². The van der Waals surface area contributed by atoms with E-state index in [1.54, 1.807) is 4.90 Å². The highest BCUT2D eigenvalue weighted by molar-refractivity contribution is 7.09. The van der Waals surface area contributed by atoms with Crippen LogP contribution in [0.5, 0.6) is 0 Å². The average Bonchev–Trinajstić information content (AvgIpc) is 3.09. The molecule has 1 fully saturated rings. The first kappa shape index (κ1) is 13.9. The van der Waals surface area contributed by atoms with Gasteiger partial charge in [0.2, 0.25) is 0 Å². The third-order valence-corrected chi connectivity index (χ3v) is 4.43. The molecule has 1 aliphatic heterocycles. The van der Waals surface area contributed by atoms with E-state index in [1.807, 2.05) is 42.0 Å². The Kier molecular flexibility index (Phi) is 3.79. The fraction of sp³-hybridized carbons (Fsp3) is 0.333. The number of para-hydroxylation sites is 2. The molecule has 0 spiro atoms. The number of nitrogens with zero attached hydrogens (tertiary/aromatic N) is 3. The van der Waals surface area contributed by atoms with E-state index in [1.165, 1.54) is 11.3 Å². The van der Waals surface area contributed by atoms with Gasteiger partial charge in [0.05, 0.1) is 11.4 Å². The second-order valence-electron chi connectivity index (χ2n) is 5.14. The zero-order valence-corrected chi connectivity index (χ0v) is 12.8. The zero-order chi connectivity index (χ0) is 14.8. The van der Waals surface area contributed by atoms with E-state index in [0.717, 1.165) is 36.5 Å². The largest absolute Gasteiger partial charge is 0.397 e. The summed E-state index contributed by atoms with van der Waals surface area (Å²) >= 11 is 1.50. The number of aromatic nitrogens is 1. The minimum absolute atomic E-state index is 0.155. The van der Waals surface area contributed by atoms with Gasteiger partial charge in [-0.3, -0.25) is 4.57 Å². The van der Waals surface area contributed by atoms with Gasteiger partial charge in [0.15, 0.2) is 4.80 Å². The number of nitrogen functional groups attached to an aromatic ring is 1. The van der Waals surface area contributed by atoms with Crippen molar-refractivity contribution in [3.05, 3.63) is 40.1 Å². The monoisotopic (exact) mass is 302 g/mol. The topological polar surface area (TPSA) is 63.6 Å². The minimum atomic E-state index is -0.155. The van der Waals surface area contributed by atoms with Crippen LogP contribution in [0.1, 0.15) is 17.7 Å². The average molecular weight is 302 g/mol. The van der Waals surface area contributed by atoms with E-state index in [9.17, 15) is 4.79 Å². The van der Waals surface area contributed by atoms with Crippen LogP contribution < -0.4 is 10.5 Å². The Morgan fingerprint density at radius 1 is 1.29 bits per heavy atom. The number of benzene rings is 1. The molecule has 21 heavy (non-hydrogen) atoms. The molecule has 6 heteroatoms. The predicted molar refractivity (Wildman–Crippen MR) is 84.6 cm³/mol. The molecule has 2 aromatic rings. The molecule has 0 bridgehead atoms. The second kappa shape index (κ2) is 5.73. The summed E-state index contributed by atoms with van der Waals surface area (Å²) in [5.41, 5.74) is 7.56. The summed E-state index contributed by atoms with van der Waals surface area (Å²) in [6.07, 6.45) is 4.10. The normalized spacial score (nSPS) is 15.7. The molecule has 110 valence electrons. The van der Waals surface area contributed by atoms with Gasteiger partial charge in [0.25, 0.3) is 0 Å². The molecule has 1 saturated heterocycles. The molecular formula is C15H18N4OS. The zero-order valence-electron chi connectivity index (χ0n) is 12.0. The lowest BCUT2D eigenvalue weighted by molar-refractivity contribution is 0.218. The maximum absolute atomic E-state index is 12.2. The van der Waals surface area contributed by atoms with Gasteiger partial charge in [0.1, 0.15) is 0 Å². The molecule has 1 aromatic heterocycles. The number of anilines is 1. The van der Waals surface area contributed by atoms with Crippen LogP contribution >= 0.6 is 11.3 Å². The number of carbonyl (C=O) groups is 1. The fourth-order valence-corrected chi connectivity index (χ4v) is 3.29. The van der Waals surface area contributed by atoms with E-state index >= 15 is 0 Å². The van der Waals surface area contributed by atoms with E-state index in [4.69, 9.17) is 5.73 Å². The van der Waals surface area contributed by atoms with Gasteiger partial charge in [-0.2, -0.15) is 4.99 Å². The van der Waals surface area contributed by atoms with E-state index in [0.29, 0.717) is 10.5 Å². The molecule has 2 heterocycles. The Labute approximate surface area is 127 Å². The predicted octanol–water partition coefficient (Wildman–Crippen LogP) is 2.55. The Bertz CT molecular complexity index is 725. The summed E-state index contributed by atoms with van der Waals surface area (Å²) in [5, 5.41) is 0. The van der Waals surface area contributed by atoms with Crippen molar-refractivity contribution in [3.8, 4) is 5.69 Å². The molecule has 1 aliphatic rings. The lowest BCUT2D eigenvalue weighted by atomic mass is 10.3. The minimum Gasteiger partial charge on any atom is -0.397 e. The summed E-state index contributed by atoms with van der Waals surface area (Å²) in [7, 11) is 0. The third kappa shape index (κ3) is 2.85.